The Morgan fingerprint density at radius 1 is 1.10 bits per heavy atom. The van der Waals surface area contributed by atoms with Crippen molar-refractivity contribution in [1.82, 2.24) is 5.32 Å². The number of esters is 1. The number of terminal acetylenes is 1. The average molecular weight is 407 g/mol. The summed E-state index contributed by atoms with van der Waals surface area (Å²) in [7, 11) is 3.09. The molecule has 160 valence electrons. The van der Waals surface area contributed by atoms with Gasteiger partial charge in [0.1, 0.15) is 12.2 Å². The van der Waals surface area contributed by atoms with Gasteiger partial charge in [0, 0.05) is 6.92 Å². The van der Waals surface area contributed by atoms with Crippen LogP contribution in [0.5, 0.6) is 11.5 Å². The highest BCUT2D eigenvalue weighted by atomic mass is 16.6. The van der Waals surface area contributed by atoms with Crippen molar-refractivity contribution in [2.75, 3.05) is 27.4 Å². The quantitative estimate of drug-likeness (QED) is 0.497. The molecule has 1 rings (SSSR count). The molecule has 0 heterocycles. The number of rotatable bonds is 9. The van der Waals surface area contributed by atoms with E-state index in [1.807, 2.05) is 6.07 Å². The molecular formula is C21H29NO7. The summed E-state index contributed by atoms with van der Waals surface area (Å²) in [6.45, 7) is 6.24. The van der Waals surface area contributed by atoms with Crippen molar-refractivity contribution < 1.29 is 33.3 Å². The predicted octanol–water partition coefficient (Wildman–Crippen LogP) is 2.68. The lowest BCUT2D eigenvalue weighted by atomic mass is 10.0. The molecule has 1 aromatic rings. The number of ether oxygens (including phenoxy) is 5. The number of carbonyl (C=O) groups excluding carboxylic acids is 2. The van der Waals surface area contributed by atoms with Gasteiger partial charge in [0.15, 0.2) is 17.0 Å². The summed E-state index contributed by atoms with van der Waals surface area (Å²) in [6, 6.07) is 5.33. The van der Waals surface area contributed by atoms with Crippen molar-refractivity contribution >= 4 is 12.1 Å². The second-order valence-electron chi connectivity index (χ2n) is 7.32. The first-order valence-corrected chi connectivity index (χ1v) is 8.95. The second-order valence-corrected chi connectivity index (χ2v) is 7.32. The monoisotopic (exact) mass is 407 g/mol. The van der Waals surface area contributed by atoms with Gasteiger partial charge in [-0.2, -0.15) is 0 Å². The first-order chi connectivity index (χ1) is 13.5. The van der Waals surface area contributed by atoms with E-state index in [2.05, 4.69) is 11.2 Å². The lowest BCUT2D eigenvalue weighted by molar-refractivity contribution is -0.143. The van der Waals surface area contributed by atoms with Crippen LogP contribution in [0.25, 0.3) is 0 Å². The zero-order chi connectivity index (χ0) is 22.1. The Hall–Kier alpha value is -2.92. The van der Waals surface area contributed by atoms with Gasteiger partial charge in [0.05, 0.1) is 27.4 Å². The van der Waals surface area contributed by atoms with Gasteiger partial charge >= 0.3 is 12.1 Å². The van der Waals surface area contributed by atoms with Gasteiger partial charge in [-0.3, -0.25) is 10.1 Å². The van der Waals surface area contributed by atoms with Crippen LogP contribution in [0.1, 0.15) is 33.3 Å². The minimum absolute atomic E-state index is 0.107. The summed E-state index contributed by atoms with van der Waals surface area (Å²) in [5, 5.41) is 2.58. The van der Waals surface area contributed by atoms with Crippen LogP contribution in [0.3, 0.4) is 0 Å². The van der Waals surface area contributed by atoms with Crippen molar-refractivity contribution in [2.45, 2.75) is 45.4 Å². The fourth-order valence-corrected chi connectivity index (χ4v) is 2.27. The molecule has 0 aromatic heterocycles. The number of nitrogens with one attached hydrogen (secondary N) is 1. The Balaban J connectivity index is 2.87. The Labute approximate surface area is 171 Å². The smallest absolute Gasteiger partial charge is 0.409 e. The normalized spacial score (nSPS) is 12.9. The van der Waals surface area contributed by atoms with Crippen LogP contribution < -0.4 is 14.8 Å². The fraction of sp³-hybridized carbons (Fsp3) is 0.524. The molecule has 1 aromatic carbocycles. The lowest BCUT2D eigenvalue weighted by Crippen LogP contribution is -2.55. The fourth-order valence-electron chi connectivity index (χ4n) is 2.27. The van der Waals surface area contributed by atoms with E-state index in [-0.39, 0.29) is 19.8 Å². The summed E-state index contributed by atoms with van der Waals surface area (Å²) in [4.78, 5) is 23.5. The van der Waals surface area contributed by atoms with E-state index in [4.69, 9.17) is 30.1 Å². The van der Waals surface area contributed by atoms with Gasteiger partial charge in [-0.1, -0.05) is 12.0 Å². The number of hydrogen-bond donors (Lipinski definition) is 1. The van der Waals surface area contributed by atoms with E-state index >= 15 is 0 Å². The zero-order valence-corrected chi connectivity index (χ0v) is 17.8. The van der Waals surface area contributed by atoms with Gasteiger partial charge in [-0.15, -0.1) is 6.42 Å². The van der Waals surface area contributed by atoms with Crippen LogP contribution in [-0.4, -0.2) is 50.6 Å². The predicted molar refractivity (Wildman–Crippen MR) is 107 cm³/mol. The molecule has 0 radical (unpaired) electrons. The molecule has 0 aliphatic rings. The number of hydrogen-bond acceptors (Lipinski definition) is 7. The van der Waals surface area contributed by atoms with E-state index in [1.165, 1.54) is 14.0 Å². The first kappa shape index (κ1) is 24.1. The minimum atomic E-state index is -1.38. The van der Waals surface area contributed by atoms with Crippen molar-refractivity contribution in [3.8, 4) is 23.8 Å². The van der Waals surface area contributed by atoms with E-state index in [0.717, 1.165) is 5.56 Å². The van der Waals surface area contributed by atoms with Gasteiger partial charge < -0.3 is 23.7 Å². The topological polar surface area (TPSA) is 92.3 Å². The van der Waals surface area contributed by atoms with E-state index in [0.29, 0.717) is 11.5 Å². The number of methoxy groups -OCH3 is 2. The van der Waals surface area contributed by atoms with Gasteiger partial charge in [-0.05, 0) is 38.5 Å². The molecule has 0 bridgehead atoms. The Morgan fingerprint density at radius 2 is 1.76 bits per heavy atom. The third-order valence-electron chi connectivity index (χ3n) is 3.60. The van der Waals surface area contributed by atoms with Gasteiger partial charge in [0.2, 0.25) is 0 Å². The summed E-state index contributed by atoms with van der Waals surface area (Å²) >= 11 is 0. The van der Waals surface area contributed by atoms with Crippen LogP contribution >= 0.6 is 0 Å². The van der Waals surface area contributed by atoms with Crippen LogP contribution in [0.2, 0.25) is 0 Å². The van der Waals surface area contributed by atoms with Gasteiger partial charge in [0.25, 0.3) is 0 Å². The molecule has 0 fully saturated rings. The summed E-state index contributed by atoms with van der Waals surface area (Å²) in [6.07, 6.45) is 4.90. The molecule has 0 unspecified atom stereocenters. The van der Waals surface area contributed by atoms with Crippen LogP contribution in [-0.2, 0) is 25.6 Å². The molecule has 0 aliphatic heterocycles. The standard InChI is InChI=1S/C21H29NO7/c1-8-21(14-28-15(2)23,22-19(24)29-20(3,4)5)13-27-12-16-9-10-17(25-6)18(11-16)26-7/h1,9-11H,12-14H2,2-7H3,(H,22,24)/t21-/m0/s1. The van der Waals surface area contributed by atoms with Crippen molar-refractivity contribution in [1.29, 1.82) is 0 Å². The zero-order valence-electron chi connectivity index (χ0n) is 17.8. The lowest BCUT2D eigenvalue weighted by Gasteiger charge is -2.30. The molecule has 8 nitrogen and oxygen atoms in total. The Morgan fingerprint density at radius 3 is 2.28 bits per heavy atom. The van der Waals surface area contributed by atoms with Gasteiger partial charge in [-0.25, -0.2) is 4.79 Å². The molecule has 1 amide bonds. The van der Waals surface area contributed by atoms with Crippen LogP contribution in [0.15, 0.2) is 18.2 Å². The number of benzene rings is 1. The SMILES string of the molecule is C#C[C@](COCc1ccc(OC)c(OC)c1)(COC(C)=O)NC(=O)OC(C)(C)C. The summed E-state index contributed by atoms with van der Waals surface area (Å²) < 4.78 is 26.5. The first-order valence-electron chi connectivity index (χ1n) is 8.95. The van der Waals surface area contributed by atoms with Crippen molar-refractivity contribution in [3.63, 3.8) is 0 Å². The molecular weight excluding hydrogens is 378 g/mol. The number of amides is 1. The number of alkyl carbamates (subject to hydrolysis) is 1. The maximum atomic E-state index is 12.2. The van der Waals surface area contributed by atoms with E-state index in [9.17, 15) is 9.59 Å². The highest BCUT2D eigenvalue weighted by molar-refractivity contribution is 5.70. The summed E-state index contributed by atoms with van der Waals surface area (Å²) in [5.41, 5.74) is -1.30. The maximum Gasteiger partial charge on any atom is 0.409 e. The van der Waals surface area contributed by atoms with Crippen LogP contribution in [0.4, 0.5) is 4.79 Å². The second kappa shape index (κ2) is 10.6. The molecule has 29 heavy (non-hydrogen) atoms. The molecule has 0 spiro atoms. The van der Waals surface area contributed by atoms with Crippen molar-refractivity contribution in [3.05, 3.63) is 23.8 Å². The third kappa shape index (κ3) is 8.32. The highest BCUT2D eigenvalue weighted by Crippen LogP contribution is 2.27. The van der Waals surface area contributed by atoms with E-state index in [1.54, 1.807) is 40.0 Å². The summed E-state index contributed by atoms with van der Waals surface area (Å²) in [5.74, 6) is 3.08. The Bertz CT molecular complexity index is 748. The largest absolute Gasteiger partial charge is 0.493 e. The molecule has 1 N–H and O–H groups in total. The van der Waals surface area contributed by atoms with E-state index < -0.39 is 23.2 Å². The molecule has 1 atom stereocenters. The number of carbonyl (C=O) groups is 2. The third-order valence-corrected chi connectivity index (χ3v) is 3.60. The molecule has 0 saturated carbocycles. The minimum Gasteiger partial charge on any atom is -0.493 e. The van der Waals surface area contributed by atoms with Crippen molar-refractivity contribution in [2.24, 2.45) is 0 Å². The molecule has 8 heteroatoms. The highest BCUT2D eigenvalue weighted by Gasteiger charge is 2.34. The molecule has 0 aliphatic carbocycles. The maximum absolute atomic E-state index is 12.2. The van der Waals surface area contributed by atoms with Crippen LogP contribution in [0, 0.1) is 12.3 Å². The Kier molecular flexibility index (Phi) is 8.80. The molecule has 0 saturated heterocycles. The average Bonchev–Trinajstić information content (AvgIpc) is 2.64.